The van der Waals surface area contributed by atoms with E-state index in [1.54, 1.807) is 0 Å². The Kier molecular flexibility index (Phi) is 6.84. The normalized spacial score (nSPS) is 19.5. The van der Waals surface area contributed by atoms with Crippen LogP contribution in [-0.4, -0.2) is 25.2 Å². The molecule has 106 valence electrons. The summed E-state index contributed by atoms with van der Waals surface area (Å²) in [7, 11) is 0. The second kappa shape index (κ2) is 8.15. The maximum absolute atomic E-state index is 11.7. The van der Waals surface area contributed by atoms with Crippen LogP contribution in [0.3, 0.4) is 0 Å². The molecule has 1 aliphatic heterocycles. The summed E-state index contributed by atoms with van der Waals surface area (Å²) < 4.78 is 5.42. The number of nitrogens with two attached hydrogens (primary N) is 1. The third-order valence-electron chi connectivity index (χ3n) is 3.18. The molecule has 0 spiro atoms. The summed E-state index contributed by atoms with van der Waals surface area (Å²) >= 11 is 0. The lowest BCUT2D eigenvalue weighted by Crippen LogP contribution is -2.33. The third-order valence-corrected chi connectivity index (χ3v) is 3.18. The van der Waals surface area contributed by atoms with E-state index >= 15 is 0 Å². The van der Waals surface area contributed by atoms with Gasteiger partial charge in [0.2, 0.25) is 5.91 Å². The van der Waals surface area contributed by atoms with Crippen LogP contribution in [0.25, 0.3) is 0 Å². The van der Waals surface area contributed by atoms with E-state index in [2.05, 4.69) is 5.32 Å². The fraction of sp³-hybridized carbons (Fsp3) is 0.500. The highest BCUT2D eigenvalue weighted by molar-refractivity contribution is 5.85. The first-order valence-electron chi connectivity index (χ1n) is 6.44. The van der Waals surface area contributed by atoms with Crippen molar-refractivity contribution in [3.05, 3.63) is 35.9 Å². The number of carbonyl (C=O) groups excluding carboxylic acids is 1. The maximum atomic E-state index is 11.7. The zero-order valence-corrected chi connectivity index (χ0v) is 11.7. The minimum Gasteiger partial charge on any atom is -0.378 e. The van der Waals surface area contributed by atoms with Gasteiger partial charge in [-0.3, -0.25) is 4.79 Å². The molecule has 2 rings (SSSR count). The fourth-order valence-corrected chi connectivity index (χ4v) is 2.13. The van der Waals surface area contributed by atoms with Gasteiger partial charge in [0.25, 0.3) is 0 Å². The van der Waals surface area contributed by atoms with Crippen LogP contribution in [0.2, 0.25) is 0 Å². The van der Waals surface area contributed by atoms with Crippen LogP contribution < -0.4 is 11.1 Å². The van der Waals surface area contributed by atoms with Crippen molar-refractivity contribution >= 4 is 18.3 Å². The summed E-state index contributed by atoms with van der Waals surface area (Å²) in [5.74, 6) is 0.0216. The molecule has 0 bridgehead atoms. The van der Waals surface area contributed by atoms with Gasteiger partial charge < -0.3 is 15.8 Å². The van der Waals surface area contributed by atoms with E-state index in [0.29, 0.717) is 13.0 Å². The second-order valence-corrected chi connectivity index (χ2v) is 4.66. The smallest absolute Gasteiger partial charge is 0.222 e. The highest BCUT2D eigenvalue weighted by Crippen LogP contribution is 2.15. The minimum absolute atomic E-state index is 0. The summed E-state index contributed by atoms with van der Waals surface area (Å²) in [5, 5.41) is 2.86. The standard InChI is InChI=1S/C14H20N2O2.ClH/c15-13(11-5-2-1-3-6-11)10-16-14(17)9-12-7-4-8-18-12;/h1-3,5-6,12-13H,4,7-10,15H2,(H,16,17);1H. The molecule has 0 radical (unpaired) electrons. The molecule has 1 aliphatic rings. The number of nitrogens with one attached hydrogen (secondary N) is 1. The van der Waals surface area contributed by atoms with Crippen molar-refractivity contribution in [1.29, 1.82) is 0 Å². The molecular weight excluding hydrogens is 264 g/mol. The Hall–Kier alpha value is -1.10. The molecule has 5 heteroatoms. The van der Waals surface area contributed by atoms with Crippen LogP contribution in [0.5, 0.6) is 0 Å². The van der Waals surface area contributed by atoms with Crippen molar-refractivity contribution in [3.8, 4) is 0 Å². The highest BCUT2D eigenvalue weighted by Gasteiger charge is 2.19. The van der Waals surface area contributed by atoms with Crippen molar-refractivity contribution in [3.63, 3.8) is 0 Å². The Labute approximate surface area is 120 Å². The Morgan fingerprint density at radius 1 is 1.42 bits per heavy atom. The molecule has 0 aliphatic carbocycles. The van der Waals surface area contributed by atoms with Crippen LogP contribution in [0.15, 0.2) is 30.3 Å². The van der Waals surface area contributed by atoms with Crippen LogP contribution in [0.1, 0.15) is 30.9 Å². The monoisotopic (exact) mass is 284 g/mol. The van der Waals surface area contributed by atoms with E-state index in [1.807, 2.05) is 30.3 Å². The molecule has 1 aromatic carbocycles. The van der Waals surface area contributed by atoms with Gasteiger partial charge in [0.1, 0.15) is 0 Å². The van der Waals surface area contributed by atoms with Gasteiger partial charge >= 0.3 is 0 Å². The van der Waals surface area contributed by atoms with Crippen molar-refractivity contribution in [1.82, 2.24) is 5.32 Å². The topological polar surface area (TPSA) is 64.3 Å². The largest absolute Gasteiger partial charge is 0.378 e. The molecule has 0 aromatic heterocycles. The number of hydrogen-bond acceptors (Lipinski definition) is 3. The maximum Gasteiger partial charge on any atom is 0.222 e. The Balaban J connectivity index is 0.00000180. The SMILES string of the molecule is Cl.NC(CNC(=O)CC1CCCO1)c1ccccc1. The predicted octanol–water partition coefficient (Wildman–Crippen LogP) is 1.79. The first-order chi connectivity index (χ1) is 8.75. The average molecular weight is 285 g/mol. The number of amides is 1. The first kappa shape index (κ1) is 16.0. The Morgan fingerprint density at radius 3 is 2.79 bits per heavy atom. The zero-order valence-electron chi connectivity index (χ0n) is 10.9. The van der Waals surface area contributed by atoms with Crippen LogP contribution in [-0.2, 0) is 9.53 Å². The van der Waals surface area contributed by atoms with Gasteiger partial charge in [-0.05, 0) is 18.4 Å². The Morgan fingerprint density at radius 2 is 2.16 bits per heavy atom. The molecule has 3 N–H and O–H groups in total. The average Bonchev–Trinajstić information content (AvgIpc) is 2.90. The lowest BCUT2D eigenvalue weighted by Gasteiger charge is -2.14. The molecule has 1 aromatic rings. The summed E-state index contributed by atoms with van der Waals surface area (Å²) in [6, 6.07) is 9.63. The van der Waals surface area contributed by atoms with Crippen molar-refractivity contribution < 1.29 is 9.53 Å². The number of rotatable bonds is 5. The lowest BCUT2D eigenvalue weighted by molar-refractivity contribution is -0.123. The number of hydrogen-bond donors (Lipinski definition) is 2. The van der Waals surface area contributed by atoms with Gasteiger partial charge in [-0.15, -0.1) is 12.4 Å². The summed E-state index contributed by atoms with van der Waals surface area (Å²) in [5.41, 5.74) is 7.04. The van der Waals surface area contributed by atoms with Crippen LogP contribution >= 0.6 is 12.4 Å². The number of carbonyl (C=O) groups is 1. The molecule has 4 nitrogen and oxygen atoms in total. The van der Waals surface area contributed by atoms with Crippen LogP contribution in [0, 0.1) is 0 Å². The van der Waals surface area contributed by atoms with E-state index in [-0.39, 0.29) is 30.5 Å². The fourth-order valence-electron chi connectivity index (χ4n) is 2.13. The molecule has 1 saturated heterocycles. The summed E-state index contributed by atoms with van der Waals surface area (Å²) in [4.78, 5) is 11.7. The predicted molar refractivity (Wildman–Crippen MR) is 77.2 cm³/mol. The van der Waals surface area contributed by atoms with E-state index in [4.69, 9.17) is 10.5 Å². The van der Waals surface area contributed by atoms with E-state index in [9.17, 15) is 4.79 Å². The molecular formula is C14H21ClN2O2. The van der Waals surface area contributed by atoms with Gasteiger partial charge in [0, 0.05) is 19.2 Å². The van der Waals surface area contributed by atoms with Gasteiger partial charge in [0.15, 0.2) is 0 Å². The van der Waals surface area contributed by atoms with Crippen molar-refractivity contribution in [2.45, 2.75) is 31.4 Å². The van der Waals surface area contributed by atoms with Crippen molar-refractivity contribution in [2.75, 3.05) is 13.2 Å². The quantitative estimate of drug-likeness (QED) is 0.866. The summed E-state index contributed by atoms with van der Waals surface area (Å²) in [6.45, 7) is 1.25. The minimum atomic E-state index is -0.153. The molecule has 1 amide bonds. The molecule has 0 saturated carbocycles. The molecule has 2 unspecified atom stereocenters. The number of benzene rings is 1. The van der Waals surface area contributed by atoms with Crippen LogP contribution in [0.4, 0.5) is 0 Å². The number of ether oxygens (including phenoxy) is 1. The number of halogens is 1. The van der Waals surface area contributed by atoms with E-state index in [1.165, 1.54) is 0 Å². The molecule has 1 heterocycles. The molecule has 1 fully saturated rings. The van der Waals surface area contributed by atoms with Gasteiger partial charge in [-0.2, -0.15) is 0 Å². The van der Waals surface area contributed by atoms with Gasteiger partial charge in [-0.25, -0.2) is 0 Å². The van der Waals surface area contributed by atoms with E-state index in [0.717, 1.165) is 25.0 Å². The highest BCUT2D eigenvalue weighted by atomic mass is 35.5. The van der Waals surface area contributed by atoms with Gasteiger partial charge in [0.05, 0.1) is 12.5 Å². The second-order valence-electron chi connectivity index (χ2n) is 4.66. The first-order valence-corrected chi connectivity index (χ1v) is 6.44. The zero-order chi connectivity index (χ0) is 12.8. The van der Waals surface area contributed by atoms with Crippen molar-refractivity contribution in [2.24, 2.45) is 5.73 Å². The van der Waals surface area contributed by atoms with Gasteiger partial charge in [-0.1, -0.05) is 30.3 Å². The molecule has 2 atom stereocenters. The third kappa shape index (κ3) is 5.19. The summed E-state index contributed by atoms with van der Waals surface area (Å²) in [6.07, 6.45) is 2.58. The Bertz CT molecular complexity index is 380. The van der Waals surface area contributed by atoms with E-state index < -0.39 is 0 Å². The molecule has 19 heavy (non-hydrogen) atoms. The lowest BCUT2D eigenvalue weighted by atomic mass is 10.1.